The van der Waals surface area contributed by atoms with E-state index in [9.17, 15) is 0 Å². The Kier molecular flexibility index (Phi) is 8.74. The molecule has 5 heteroatoms. The molecule has 118 valence electrons. The smallest absolute Gasteiger partial charge is 0.191 e. The zero-order valence-corrected chi connectivity index (χ0v) is 14.3. The van der Waals surface area contributed by atoms with Crippen molar-refractivity contribution in [2.24, 2.45) is 4.99 Å². The summed E-state index contributed by atoms with van der Waals surface area (Å²) in [7, 11) is 1.69. The number of nitrogens with zero attached hydrogens (tertiary/aromatic N) is 1. The Hall–Kier alpha value is -1.36. The molecule has 0 amide bonds. The highest BCUT2D eigenvalue weighted by Crippen LogP contribution is 2.11. The summed E-state index contributed by atoms with van der Waals surface area (Å²) in [5, 5.41) is 7.20. The first-order chi connectivity index (χ1) is 10.2. The molecule has 0 aliphatic rings. The molecule has 0 saturated carbocycles. The number of thioether (sulfide) groups is 1. The minimum absolute atomic E-state index is 0.544. The largest absolute Gasteiger partial charge is 0.497 e. The molecule has 21 heavy (non-hydrogen) atoms. The molecule has 4 nitrogen and oxygen atoms in total. The van der Waals surface area contributed by atoms with Gasteiger partial charge in [-0.05, 0) is 37.3 Å². The summed E-state index contributed by atoms with van der Waals surface area (Å²) in [6.07, 6.45) is 3.08. The molecule has 1 aromatic rings. The van der Waals surface area contributed by atoms with Crippen molar-refractivity contribution in [2.75, 3.05) is 33.0 Å². The average Bonchev–Trinajstić information content (AvgIpc) is 2.52. The molecule has 1 rings (SSSR count). The fourth-order valence-electron chi connectivity index (χ4n) is 1.75. The predicted octanol–water partition coefficient (Wildman–Crippen LogP) is 2.54. The molecule has 2 N–H and O–H groups in total. The van der Waals surface area contributed by atoms with Gasteiger partial charge >= 0.3 is 0 Å². The molecule has 0 fully saturated rings. The molecule has 1 unspecified atom stereocenters. The van der Waals surface area contributed by atoms with Crippen molar-refractivity contribution in [2.45, 2.75) is 25.5 Å². The molecule has 0 radical (unpaired) electrons. The maximum absolute atomic E-state index is 5.16. The van der Waals surface area contributed by atoms with Crippen LogP contribution in [0, 0.1) is 0 Å². The van der Waals surface area contributed by atoms with Gasteiger partial charge in [0.2, 0.25) is 0 Å². The van der Waals surface area contributed by atoms with Crippen LogP contribution in [0.3, 0.4) is 0 Å². The van der Waals surface area contributed by atoms with Gasteiger partial charge in [0, 0.05) is 18.3 Å². The van der Waals surface area contributed by atoms with Crippen molar-refractivity contribution >= 4 is 17.7 Å². The van der Waals surface area contributed by atoms with Crippen molar-refractivity contribution < 1.29 is 4.74 Å². The van der Waals surface area contributed by atoms with Gasteiger partial charge in [-0.3, -0.25) is 4.99 Å². The lowest BCUT2D eigenvalue weighted by Gasteiger charge is -2.12. The van der Waals surface area contributed by atoms with Crippen molar-refractivity contribution in [1.29, 1.82) is 0 Å². The lowest BCUT2D eigenvalue weighted by Crippen LogP contribution is -2.38. The van der Waals surface area contributed by atoms with Gasteiger partial charge in [-0.15, -0.1) is 0 Å². The van der Waals surface area contributed by atoms with E-state index < -0.39 is 0 Å². The second kappa shape index (κ2) is 10.4. The van der Waals surface area contributed by atoms with Crippen LogP contribution in [0.15, 0.2) is 29.3 Å². The monoisotopic (exact) mass is 309 g/mol. The number of aliphatic imine (C=N–C) groups is 1. The van der Waals surface area contributed by atoms with Crippen LogP contribution >= 0.6 is 11.8 Å². The lowest BCUT2D eigenvalue weighted by molar-refractivity contribution is 0.414. The quantitative estimate of drug-likeness (QED) is 0.572. The number of ether oxygens (including phenoxy) is 1. The number of rotatable bonds is 8. The molecular formula is C16H27N3OS. The Balaban J connectivity index is 2.41. The first kappa shape index (κ1) is 17.7. The summed E-state index contributed by atoms with van der Waals surface area (Å²) < 4.78 is 5.16. The average molecular weight is 309 g/mol. The molecule has 0 heterocycles. The molecule has 1 aromatic carbocycles. The van der Waals surface area contributed by atoms with E-state index in [2.05, 4.69) is 47.9 Å². The van der Waals surface area contributed by atoms with Crippen LogP contribution < -0.4 is 15.4 Å². The van der Waals surface area contributed by atoms with Crippen LogP contribution in [0.25, 0.3) is 0 Å². The topological polar surface area (TPSA) is 45.7 Å². The van der Waals surface area contributed by atoms with Crippen molar-refractivity contribution in [3.63, 3.8) is 0 Å². The van der Waals surface area contributed by atoms with Gasteiger partial charge in [-0.2, -0.15) is 11.8 Å². The van der Waals surface area contributed by atoms with Gasteiger partial charge < -0.3 is 15.4 Å². The first-order valence-corrected chi connectivity index (χ1v) is 8.66. The van der Waals surface area contributed by atoms with Crippen LogP contribution in [0.5, 0.6) is 5.75 Å². The Bertz CT molecular complexity index is 420. The number of guanidine groups is 1. The normalized spacial score (nSPS) is 12.9. The van der Waals surface area contributed by atoms with E-state index in [0.29, 0.717) is 5.25 Å². The predicted molar refractivity (Wildman–Crippen MR) is 93.7 cm³/mol. The van der Waals surface area contributed by atoms with Gasteiger partial charge in [0.1, 0.15) is 5.75 Å². The Morgan fingerprint density at radius 2 is 2.00 bits per heavy atom. The van der Waals surface area contributed by atoms with Gasteiger partial charge in [0.05, 0.1) is 13.7 Å². The third-order valence-corrected chi connectivity index (χ3v) is 4.07. The highest BCUT2D eigenvalue weighted by Gasteiger charge is 2.01. The van der Waals surface area contributed by atoms with E-state index in [-0.39, 0.29) is 0 Å². The van der Waals surface area contributed by atoms with Crippen LogP contribution in [-0.2, 0) is 6.42 Å². The van der Waals surface area contributed by atoms with E-state index >= 15 is 0 Å². The van der Waals surface area contributed by atoms with Gasteiger partial charge in [-0.1, -0.05) is 19.1 Å². The Morgan fingerprint density at radius 3 is 2.57 bits per heavy atom. The first-order valence-electron chi connectivity index (χ1n) is 7.37. The molecule has 0 spiro atoms. The fraction of sp³-hybridized carbons (Fsp3) is 0.562. The van der Waals surface area contributed by atoms with Crippen LogP contribution in [0.4, 0.5) is 0 Å². The van der Waals surface area contributed by atoms with Gasteiger partial charge in [-0.25, -0.2) is 0 Å². The molecule has 0 bridgehead atoms. The molecule has 0 aliphatic carbocycles. The minimum Gasteiger partial charge on any atom is -0.497 e. The standard InChI is InChI=1S/C16H27N3OS/c1-5-17-16(19-12-13(2)21-4)18-11-10-14-6-8-15(20-3)9-7-14/h6-9,13H,5,10-12H2,1-4H3,(H2,17,18,19). The summed E-state index contributed by atoms with van der Waals surface area (Å²) in [5.74, 6) is 1.79. The lowest BCUT2D eigenvalue weighted by atomic mass is 10.1. The number of benzene rings is 1. The highest BCUT2D eigenvalue weighted by molar-refractivity contribution is 7.99. The van der Waals surface area contributed by atoms with Crippen LogP contribution in [0.1, 0.15) is 19.4 Å². The molecule has 0 aliphatic heterocycles. The van der Waals surface area contributed by atoms with Crippen molar-refractivity contribution in [3.05, 3.63) is 29.8 Å². The third kappa shape index (κ3) is 7.27. The van der Waals surface area contributed by atoms with E-state index in [4.69, 9.17) is 4.74 Å². The number of methoxy groups -OCH3 is 1. The van der Waals surface area contributed by atoms with Crippen molar-refractivity contribution in [3.8, 4) is 5.75 Å². The summed E-state index contributed by atoms with van der Waals surface area (Å²) in [6.45, 7) is 6.85. The Morgan fingerprint density at radius 1 is 1.29 bits per heavy atom. The third-order valence-electron chi connectivity index (χ3n) is 3.12. The van der Waals surface area contributed by atoms with Gasteiger partial charge in [0.15, 0.2) is 5.96 Å². The molecule has 1 atom stereocenters. The molecule has 0 aromatic heterocycles. The van der Waals surface area contributed by atoms with Crippen molar-refractivity contribution in [1.82, 2.24) is 10.6 Å². The highest BCUT2D eigenvalue weighted by atomic mass is 32.2. The number of hydrogen-bond donors (Lipinski definition) is 2. The second-order valence-corrected chi connectivity index (χ2v) is 6.07. The van der Waals surface area contributed by atoms with E-state index in [0.717, 1.165) is 37.8 Å². The fourth-order valence-corrected chi connectivity index (χ4v) is 1.98. The van der Waals surface area contributed by atoms with E-state index in [1.807, 2.05) is 23.9 Å². The summed E-state index contributed by atoms with van der Waals surface area (Å²) in [4.78, 5) is 4.60. The summed E-state index contributed by atoms with van der Waals surface area (Å²) in [6, 6.07) is 8.18. The maximum Gasteiger partial charge on any atom is 0.191 e. The maximum atomic E-state index is 5.16. The SMILES string of the molecule is CCNC(=NCC(C)SC)NCCc1ccc(OC)cc1. The van der Waals surface area contributed by atoms with E-state index in [1.54, 1.807) is 7.11 Å². The minimum atomic E-state index is 0.544. The summed E-state index contributed by atoms with van der Waals surface area (Å²) >= 11 is 1.83. The Labute approximate surface area is 132 Å². The number of hydrogen-bond acceptors (Lipinski definition) is 3. The number of nitrogens with one attached hydrogen (secondary N) is 2. The van der Waals surface area contributed by atoms with Gasteiger partial charge in [0.25, 0.3) is 0 Å². The molecular weight excluding hydrogens is 282 g/mol. The zero-order valence-electron chi connectivity index (χ0n) is 13.5. The second-order valence-electron chi connectivity index (χ2n) is 4.79. The van der Waals surface area contributed by atoms with Crippen LogP contribution in [-0.4, -0.2) is 44.2 Å². The zero-order chi connectivity index (χ0) is 15.5. The molecule has 0 saturated heterocycles. The summed E-state index contributed by atoms with van der Waals surface area (Å²) in [5.41, 5.74) is 1.29. The van der Waals surface area contributed by atoms with E-state index in [1.165, 1.54) is 5.56 Å². The van der Waals surface area contributed by atoms with Crippen LogP contribution in [0.2, 0.25) is 0 Å².